The maximum Gasteiger partial charge on any atom is 0.263 e. The smallest absolute Gasteiger partial charge is 0.263 e. The number of aliphatic hydroxyl groups is 1. The maximum absolute atomic E-state index is 12.2. The van der Waals surface area contributed by atoms with Gasteiger partial charge in [0.05, 0.1) is 11.1 Å². The molecule has 6 heteroatoms. The van der Waals surface area contributed by atoms with E-state index < -0.39 is 18.0 Å². The fourth-order valence-corrected chi connectivity index (χ4v) is 2.29. The summed E-state index contributed by atoms with van der Waals surface area (Å²) in [5.41, 5.74) is 6.74. The highest BCUT2D eigenvalue weighted by Crippen LogP contribution is 2.24. The molecule has 2 aromatic rings. The summed E-state index contributed by atoms with van der Waals surface area (Å²) in [6.07, 6.45) is -1.36. The van der Waals surface area contributed by atoms with Crippen molar-refractivity contribution in [2.75, 3.05) is 12.3 Å². The standard InChI is InChI=1S/C16H14N2O4/c17-10-5-7-11(8-6-10)22-9-14(19)18-15(20)12-3-1-2-4-13(12)16(18)21/h1-8,14,19H,9,17H2/t14-/m0/s1. The monoisotopic (exact) mass is 298 g/mol. The summed E-state index contributed by atoms with van der Waals surface area (Å²) in [7, 11) is 0. The third kappa shape index (κ3) is 2.40. The van der Waals surface area contributed by atoms with Crippen molar-refractivity contribution in [1.82, 2.24) is 4.90 Å². The van der Waals surface area contributed by atoms with Crippen molar-refractivity contribution in [2.24, 2.45) is 0 Å². The number of nitrogens with zero attached hydrogens (tertiary/aromatic N) is 1. The van der Waals surface area contributed by atoms with Gasteiger partial charge in [-0.25, -0.2) is 4.90 Å². The van der Waals surface area contributed by atoms with Crippen molar-refractivity contribution in [1.29, 1.82) is 0 Å². The number of rotatable bonds is 4. The number of hydrogen-bond acceptors (Lipinski definition) is 5. The van der Waals surface area contributed by atoms with Gasteiger partial charge >= 0.3 is 0 Å². The molecule has 2 aromatic carbocycles. The Labute approximate surface area is 126 Å². The molecular formula is C16H14N2O4. The van der Waals surface area contributed by atoms with E-state index in [1.54, 1.807) is 48.5 Å². The van der Waals surface area contributed by atoms with Crippen LogP contribution in [0.1, 0.15) is 20.7 Å². The van der Waals surface area contributed by atoms with Crippen LogP contribution in [0.2, 0.25) is 0 Å². The molecule has 1 atom stereocenters. The van der Waals surface area contributed by atoms with E-state index in [-0.39, 0.29) is 6.61 Å². The molecule has 1 aliphatic rings. The fourth-order valence-electron chi connectivity index (χ4n) is 2.29. The van der Waals surface area contributed by atoms with Crippen LogP contribution < -0.4 is 10.5 Å². The van der Waals surface area contributed by atoms with Crippen molar-refractivity contribution in [3.05, 3.63) is 59.7 Å². The molecule has 22 heavy (non-hydrogen) atoms. The predicted molar refractivity (Wildman–Crippen MR) is 79.3 cm³/mol. The summed E-state index contributed by atoms with van der Waals surface area (Å²) in [6.45, 7) is -0.213. The number of fused-ring (bicyclic) bond motifs is 1. The van der Waals surface area contributed by atoms with E-state index in [4.69, 9.17) is 10.5 Å². The second-order valence-electron chi connectivity index (χ2n) is 4.89. The van der Waals surface area contributed by atoms with Crippen LogP contribution in [0.4, 0.5) is 5.69 Å². The Balaban J connectivity index is 1.71. The van der Waals surface area contributed by atoms with Gasteiger partial charge in [0, 0.05) is 5.69 Å². The van der Waals surface area contributed by atoms with Crippen LogP contribution in [0.5, 0.6) is 5.75 Å². The van der Waals surface area contributed by atoms with Gasteiger partial charge in [-0.1, -0.05) is 12.1 Å². The molecule has 0 aliphatic carbocycles. The number of ether oxygens (including phenoxy) is 1. The summed E-state index contributed by atoms with van der Waals surface area (Å²) in [6, 6.07) is 13.1. The Morgan fingerprint density at radius 1 is 1.00 bits per heavy atom. The van der Waals surface area contributed by atoms with Crippen LogP contribution in [0.25, 0.3) is 0 Å². The Hall–Kier alpha value is -2.86. The molecular weight excluding hydrogens is 284 g/mol. The van der Waals surface area contributed by atoms with Crippen molar-refractivity contribution in [3.63, 3.8) is 0 Å². The lowest BCUT2D eigenvalue weighted by Gasteiger charge is -2.21. The third-order valence-electron chi connectivity index (χ3n) is 3.40. The molecule has 6 nitrogen and oxygen atoms in total. The van der Waals surface area contributed by atoms with Crippen molar-refractivity contribution >= 4 is 17.5 Å². The molecule has 0 saturated heterocycles. The molecule has 0 aromatic heterocycles. The number of benzene rings is 2. The number of amides is 2. The highest BCUT2D eigenvalue weighted by atomic mass is 16.5. The minimum absolute atomic E-state index is 0.213. The predicted octanol–water partition coefficient (Wildman–Crippen LogP) is 1.26. The van der Waals surface area contributed by atoms with Gasteiger partial charge in [-0.05, 0) is 36.4 Å². The molecule has 2 amide bonds. The van der Waals surface area contributed by atoms with Crippen molar-refractivity contribution in [3.8, 4) is 5.75 Å². The van der Waals surface area contributed by atoms with Crippen LogP contribution in [-0.2, 0) is 0 Å². The summed E-state index contributed by atoms with van der Waals surface area (Å²) >= 11 is 0. The molecule has 1 aliphatic heterocycles. The molecule has 0 spiro atoms. The summed E-state index contributed by atoms with van der Waals surface area (Å²) in [5, 5.41) is 10.1. The molecule has 3 rings (SSSR count). The fraction of sp³-hybridized carbons (Fsp3) is 0.125. The van der Waals surface area contributed by atoms with Gasteiger partial charge in [-0.3, -0.25) is 9.59 Å². The first kappa shape index (κ1) is 14.1. The average molecular weight is 298 g/mol. The van der Waals surface area contributed by atoms with E-state index >= 15 is 0 Å². The first-order chi connectivity index (χ1) is 10.6. The number of nitrogens with two attached hydrogens (primary N) is 1. The molecule has 0 saturated carbocycles. The lowest BCUT2D eigenvalue weighted by molar-refractivity contribution is -0.00634. The third-order valence-corrected chi connectivity index (χ3v) is 3.40. The number of nitrogen functional groups attached to an aromatic ring is 1. The van der Waals surface area contributed by atoms with Gasteiger partial charge in [-0.15, -0.1) is 0 Å². The lowest BCUT2D eigenvalue weighted by atomic mass is 10.1. The molecule has 0 radical (unpaired) electrons. The van der Waals surface area contributed by atoms with Gasteiger partial charge in [0.1, 0.15) is 12.4 Å². The number of carbonyl (C=O) groups excluding carboxylic acids is 2. The summed E-state index contributed by atoms with van der Waals surface area (Å²) in [5.74, 6) is -0.548. The highest BCUT2D eigenvalue weighted by molar-refractivity contribution is 6.21. The van der Waals surface area contributed by atoms with Crippen LogP contribution in [0, 0.1) is 0 Å². The minimum atomic E-state index is -1.36. The Morgan fingerprint density at radius 2 is 1.55 bits per heavy atom. The quantitative estimate of drug-likeness (QED) is 0.655. The van der Waals surface area contributed by atoms with Crippen molar-refractivity contribution in [2.45, 2.75) is 6.23 Å². The van der Waals surface area contributed by atoms with Gasteiger partial charge in [-0.2, -0.15) is 0 Å². The number of carbonyl (C=O) groups is 2. The number of hydrogen-bond donors (Lipinski definition) is 2. The normalized spacial score (nSPS) is 14.9. The van der Waals surface area contributed by atoms with Gasteiger partial charge in [0.2, 0.25) is 0 Å². The molecule has 1 heterocycles. The second kappa shape index (κ2) is 5.50. The Kier molecular flexibility index (Phi) is 3.52. The van der Waals surface area contributed by atoms with E-state index in [0.717, 1.165) is 4.90 Å². The summed E-state index contributed by atoms with van der Waals surface area (Å²) in [4.78, 5) is 25.2. The summed E-state index contributed by atoms with van der Waals surface area (Å²) < 4.78 is 5.38. The van der Waals surface area contributed by atoms with Crippen LogP contribution in [0.3, 0.4) is 0 Å². The molecule has 0 bridgehead atoms. The average Bonchev–Trinajstić information content (AvgIpc) is 2.79. The van der Waals surface area contributed by atoms with Gasteiger partial charge in [0.15, 0.2) is 6.23 Å². The van der Waals surface area contributed by atoms with E-state index in [9.17, 15) is 14.7 Å². The minimum Gasteiger partial charge on any atom is -0.489 e. The molecule has 3 N–H and O–H groups in total. The first-order valence-electron chi connectivity index (χ1n) is 6.71. The van der Waals surface area contributed by atoms with Crippen molar-refractivity contribution < 1.29 is 19.4 Å². The van der Waals surface area contributed by atoms with Gasteiger partial charge < -0.3 is 15.6 Å². The van der Waals surface area contributed by atoms with Crippen LogP contribution in [0.15, 0.2) is 48.5 Å². The maximum atomic E-state index is 12.2. The zero-order valence-electron chi connectivity index (χ0n) is 11.6. The Bertz CT molecular complexity index is 692. The molecule has 0 fully saturated rings. The highest BCUT2D eigenvalue weighted by Gasteiger charge is 2.39. The van der Waals surface area contributed by atoms with E-state index in [1.807, 2.05) is 0 Å². The van der Waals surface area contributed by atoms with E-state index in [2.05, 4.69) is 0 Å². The van der Waals surface area contributed by atoms with E-state index in [1.165, 1.54) is 0 Å². The first-order valence-corrected chi connectivity index (χ1v) is 6.71. The van der Waals surface area contributed by atoms with Gasteiger partial charge in [0.25, 0.3) is 11.8 Å². The van der Waals surface area contributed by atoms with Crippen LogP contribution >= 0.6 is 0 Å². The largest absolute Gasteiger partial charge is 0.489 e. The molecule has 0 unspecified atom stereocenters. The second-order valence-corrected chi connectivity index (χ2v) is 4.89. The zero-order valence-corrected chi connectivity index (χ0v) is 11.6. The van der Waals surface area contributed by atoms with Crippen LogP contribution in [-0.4, -0.2) is 34.7 Å². The zero-order chi connectivity index (χ0) is 15.7. The number of imide groups is 1. The SMILES string of the molecule is Nc1ccc(OC[C@H](O)N2C(=O)c3ccccc3C2=O)cc1. The lowest BCUT2D eigenvalue weighted by Crippen LogP contribution is -2.43. The van der Waals surface area contributed by atoms with E-state index in [0.29, 0.717) is 22.6 Å². The topological polar surface area (TPSA) is 92.9 Å². The number of aliphatic hydroxyl groups excluding tert-OH is 1. The number of anilines is 1. The molecule has 112 valence electrons. The Morgan fingerprint density at radius 3 is 2.09 bits per heavy atom.